The summed E-state index contributed by atoms with van der Waals surface area (Å²) in [5.74, 6) is -0.215. The highest BCUT2D eigenvalue weighted by Gasteiger charge is 2.29. The van der Waals surface area contributed by atoms with Crippen LogP contribution in [0.3, 0.4) is 0 Å². The third kappa shape index (κ3) is 4.09. The first kappa shape index (κ1) is 20.8. The van der Waals surface area contributed by atoms with E-state index in [2.05, 4.69) is 4.98 Å². The average molecular weight is 396 g/mol. The molecular formula is C22H28N4O3. The van der Waals surface area contributed by atoms with Crippen molar-refractivity contribution in [3.63, 3.8) is 0 Å². The number of likely N-dealkylation sites (tertiary alicyclic amines) is 1. The summed E-state index contributed by atoms with van der Waals surface area (Å²) < 4.78 is 1.52. The van der Waals surface area contributed by atoms with Gasteiger partial charge < -0.3 is 14.4 Å². The number of piperidine rings is 1. The number of aromatic nitrogens is 2. The molecule has 0 N–H and O–H groups in total. The number of amides is 2. The summed E-state index contributed by atoms with van der Waals surface area (Å²) in [5.41, 5.74) is 2.95. The number of hydrogen-bond acceptors (Lipinski definition) is 4. The van der Waals surface area contributed by atoms with Gasteiger partial charge in [0.05, 0.1) is 5.56 Å². The van der Waals surface area contributed by atoms with Crippen molar-refractivity contribution < 1.29 is 9.59 Å². The molecule has 2 aromatic heterocycles. The lowest BCUT2D eigenvalue weighted by atomic mass is 9.93. The molecule has 0 aliphatic carbocycles. The zero-order chi connectivity index (χ0) is 21.3. The molecule has 0 radical (unpaired) electrons. The molecule has 0 saturated carbocycles. The molecule has 2 amide bonds. The molecule has 1 atom stereocenters. The predicted molar refractivity (Wildman–Crippen MR) is 111 cm³/mol. The van der Waals surface area contributed by atoms with Gasteiger partial charge in [0.25, 0.3) is 17.4 Å². The number of pyridine rings is 2. The van der Waals surface area contributed by atoms with E-state index in [-0.39, 0.29) is 28.9 Å². The Kier molecular flexibility index (Phi) is 5.86. The average Bonchev–Trinajstić information content (AvgIpc) is 2.71. The molecule has 2 aromatic rings. The Hall–Kier alpha value is -2.96. The number of hydrogen-bond donors (Lipinski definition) is 0. The molecule has 7 heteroatoms. The molecule has 29 heavy (non-hydrogen) atoms. The smallest absolute Gasteiger partial charge is 0.263 e. The second-order valence-electron chi connectivity index (χ2n) is 7.97. The minimum Gasteiger partial charge on any atom is -0.345 e. The van der Waals surface area contributed by atoms with Crippen LogP contribution in [0.5, 0.6) is 0 Å². The normalized spacial score (nSPS) is 16.6. The molecule has 154 valence electrons. The standard InChI is InChI=1S/C22H28N4O3/c1-14-11-15(2)25(5)21(28)19(14)22(29)26-10-6-7-17(13-26)18-9-8-16(12-23-18)20(27)24(3)4/h8-9,11-12,17H,6-7,10,13H2,1-5H3. The van der Waals surface area contributed by atoms with Crippen LogP contribution < -0.4 is 5.56 Å². The maximum absolute atomic E-state index is 13.1. The van der Waals surface area contributed by atoms with Crippen molar-refractivity contribution in [3.8, 4) is 0 Å². The first-order valence-electron chi connectivity index (χ1n) is 9.84. The van der Waals surface area contributed by atoms with E-state index in [9.17, 15) is 14.4 Å². The van der Waals surface area contributed by atoms with E-state index in [0.717, 1.165) is 24.2 Å². The Labute approximate surface area is 171 Å². The van der Waals surface area contributed by atoms with E-state index < -0.39 is 0 Å². The molecular weight excluding hydrogens is 368 g/mol. The first-order chi connectivity index (χ1) is 13.7. The molecule has 1 aliphatic heterocycles. The maximum Gasteiger partial charge on any atom is 0.263 e. The van der Waals surface area contributed by atoms with E-state index in [4.69, 9.17) is 0 Å². The lowest BCUT2D eigenvalue weighted by molar-refractivity contribution is 0.0702. The maximum atomic E-state index is 13.1. The van der Waals surface area contributed by atoms with Crippen LogP contribution in [0, 0.1) is 13.8 Å². The summed E-state index contributed by atoms with van der Waals surface area (Å²) in [4.78, 5) is 45.6. The van der Waals surface area contributed by atoms with Gasteiger partial charge in [0, 0.05) is 57.7 Å². The van der Waals surface area contributed by atoms with Gasteiger partial charge in [0.1, 0.15) is 5.56 Å². The largest absolute Gasteiger partial charge is 0.345 e. The highest BCUT2D eigenvalue weighted by molar-refractivity contribution is 5.95. The van der Waals surface area contributed by atoms with Crippen LogP contribution in [0.25, 0.3) is 0 Å². The molecule has 1 fully saturated rings. The fraction of sp³-hybridized carbons (Fsp3) is 0.455. The zero-order valence-electron chi connectivity index (χ0n) is 17.7. The van der Waals surface area contributed by atoms with Gasteiger partial charge in [-0.05, 0) is 50.5 Å². The Balaban J connectivity index is 1.81. The molecule has 3 rings (SSSR count). The van der Waals surface area contributed by atoms with Crippen molar-refractivity contribution in [2.24, 2.45) is 7.05 Å². The van der Waals surface area contributed by atoms with Gasteiger partial charge in [-0.15, -0.1) is 0 Å². The second kappa shape index (κ2) is 8.19. The van der Waals surface area contributed by atoms with Crippen LogP contribution in [0.1, 0.15) is 56.4 Å². The minimum absolute atomic E-state index is 0.0878. The summed E-state index contributed by atoms with van der Waals surface area (Å²) in [7, 11) is 5.10. The Morgan fingerprint density at radius 3 is 2.55 bits per heavy atom. The molecule has 0 bridgehead atoms. The van der Waals surface area contributed by atoms with Gasteiger partial charge in [-0.1, -0.05) is 0 Å². The third-order valence-corrected chi connectivity index (χ3v) is 5.65. The highest BCUT2D eigenvalue weighted by atomic mass is 16.2. The molecule has 0 aromatic carbocycles. The molecule has 0 spiro atoms. The van der Waals surface area contributed by atoms with Crippen molar-refractivity contribution in [2.45, 2.75) is 32.6 Å². The fourth-order valence-corrected chi connectivity index (χ4v) is 3.83. The number of rotatable bonds is 3. The van der Waals surface area contributed by atoms with Crippen LogP contribution in [0.2, 0.25) is 0 Å². The van der Waals surface area contributed by atoms with Gasteiger partial charge in [0.15, 0.2) is 0 Å². The van der Waals surface area contributed by atoms with Gasteiger partial charge in [-0.25, -0.2) is 0 Å². The molecule has 1 aliphatic rings. The van der Waals surface area contributed by atoms with Crippen LogP contribution in [-0.4, -0.2) is 58.4 Å². The van der Waals surface area contributed by atoms with Gasteiger partial charge in [0.2, 0.25) is 0 Å². The van der Waals surface area contributed by atoms with Crippen molar-refractivity contribution in [3.05, 3.63) is 62.8 Å². The lowest BCUT2D eigenvalue weighted by Gasteiger charge is -2.33. The fourth-order valence-electron chi connectivity index (χ4n) is 3.83. The SMILES string of the molecule is Cc1cc(C)n(C)c(=O)c1C(=O)N1CCCC(c2ccc(C(=O)N(C)C)cn2)C1. The van der Waals surface area contributed by atoms with Crippen LogP contribution in [-0.2, 0) is 7.05 Å². The van der Waals surface area contributed by atoms with Crippen LogP contribution >= 0.6 is 0 Å². The summed E-state index contributed by atoms with van der Waals surface area (Å²) in [6.07, 6.45) is 3.36. The Morgan fingerprint density at radius 1 is 1.21 bits per heavy atom. The van der Waals surface area contributed by atoms with E-state index in [1.54, 1.807) is 38.3 Å². The number of carbonyl (C=O) groups excluding carboxylic acids is 2. The van der Waals surface area contributed by atoms with Crippen molar-refractivity contribution >= 4 is 11.8 Å². The topological polar surface area (TPSA) is 75.5 Å². The summed E-state index contributed by atoms with van der Waals surface area (Å²) >= 11 is 0. The monoisotopic (exact) mass is 396 g/mol. The van der Waals surface area contributed by atoms with Crippen LogP contribution in [0.15, 0.2) is 29.2 Å². The molecule has 3 heterocycles. The number of aryl methyl sites for hydroxylation is 2. The van der Waals surface area contributed by atoms with E-state index in [1.165, 1.54) is 9.47 Å². The lowest BCUT2D eigenvalue weighted by Crippen LogP contribution is -2.42. The molecule has 7 nitrogen and oxygen atoms in total. The van der Waals surface area contributed by atoms with E-state index in [1.807, 2.05) is 26.0 Å². The van der Waals surface area contributed by atoms with E-state index in [0.29, 0.717) is 24.2 Å². The Morgan fingerprint density at radius 2 is 1.93 bits per heavy atom. The van der Waals surface area contributed by atoms with Crippen LogP contribution in [0.4, 0.5) is 0 Å². The predicted octanol–water partition coefficient (Wildman–Crippen LogP) is 2.12. The summed E-state index contributed by atoms with van der Waals surface area (Å²) in [5, 5.41) is 0. The summed E-state index contributed by atoms with van der Waals surface area (Å²) in [6.45, 7) is 4.81. The molecule has 1 saturated heterocycles. The first-order valence-corrected chi connectivity index (χ1v) is 9.84. The number of carbonyl (C=O) groups is 2. The number of nitrogens with zero attached hydrogens (tertiary/aromatic N) is 4. The third-order valence-electron chi connectivity index (χ3n) is 5.65. The van der Waals surface area contributed by atoms with Crippen molar-refractivity contribution in [2.75, 3.05) is 27.2 Å². The molecule has 1 unspecified atom stereocenters. The van der Waals surface area contributed by atoms with E-state index >= 15 is 0 Å². The van der Waals surface area contributed by atoms with Gasteiger partial charge in [-0.2, -0.15) is 0 Å². The second-order valence-corrected chi connectivity index (χ2v) is 7.97. The zero-order valence-corrected chi connectivity index (χ0v) is 17.7. The van der Waals surface area contributed by atoms with Crippen molar-refractivity contribution in [1.29, 1.82) is 0 Å². The highest BCUT2D eigenvalue weighted by Crippen LogP contribution is 2.27. The minimum atomic E-state index is -0.251. The quantitative estimate of drug-likeness (QED) is 0.796. The van der Waals surface area contributed by atoms with Crippen molar-refractivity contribution in [1.82, 2.24) is 19.4 Å². The van der Waals surface area contributed by atoms with Gasteiger partial charge in [-0.3, -0.25) is 19.4 Å². The summed E-state index contributed by atoms with van der Waals surface area (Å²) in [6, 6.07) is 5.52. The Bertz CT molecular complexity index is 992. The van der Waals surface area contributed by atoms with Gasteiger partial charge >= 0.3 is 0 Å².